The van der Waals surface area contributed by atoms with Crippen molar-refractivity contribution in [1.29, 1.82) is 0 Å². The number of fused-ring (bicyclic) bond motifs is 3. The smallest absolute Gasteiger partial charge is 0.0949 e. The molecule has 0 radical (unpaired) electrons. The Morgan fingerprint density at radius 2 is 2.00 bits per heavy atom. The standard InChI is InChI=1S/C11H17BrO2/c12-7-9-4-6-11(14-9)5-3-8-1-2-10(11)13-8/h8-10H,1-7H2. The molecule has 3 fully saturated rings. The Kier molecular flexibility index (Phi) is 2.38. The highest BCUT2D eigenvalue weighted by atomic mass is 79.9. The van der Waals surface area contributed by atoms with Gasteiger partial charge in [0.1, 0.15) is 0 Å². The first-order chi connectivity index (χ1) is 6.82. The molecule has 3 aliphatic heterocycles. The molecule has 3 heteroatoms. The second-order valence-electron chi connectivity index (χ2n) is 4.86. The van der Waals surface area contributed by atoms with Crippen molar-refractivity contribution in [2.75, 3.05) is 5.33 Å². The van der Waals surface area contributed by atoms with Crippen molar-refractivity contribution < 1.29 is 9.47 Å². The number of hydrogen-bond acceptors (Lipinski definition) is 2. The first kappa shape index (κ1) is 9.61. The summed E-state index contributed by atoms with van der Waals surface area (Å²) in [5.41, 5.74) is 0.103. The Morgan fingerprint density at radius 3 is 2.79 bits per heavy atom. The monoisotopic (exact) mass is 260 g/mol. The van der Waals surface area contributed by atoms with Gasteiger partial charge in [0.15, 0.2) is 0 Å². The lowest BCUT2D eigenvalue weighted by Gasteiger charge is -2.39. The molecule has 0 amide bonds. The van der Waals surface area contributed by atoms with Crippen LogP contribution in [0, 0.1) is 0 Å². The Hall–Kier alpha value is 0.400. The lowest BCUT2D eigenvalue weighted by molar-refractivity contribution is -0.163. The van der Waals surface area contributed by atoms with Crippen molar-refractivity contribution in [2.45, 2.75) is 62.4 Å². The van der Waals surface area contributed by atoms with E-state index in [1.165, 1.54) is 38.5 Å². The molecule has 3 aliphatic rings. The SMILES string of the molecule is BrCC1CCC2(CCC3CCC2O3)O1. The van der Waals surface area contributed by atoms with Crippen LogP contribution in [0.4, 0.5) is 0 Å². The van der Waals surface area contributed by atoms with Gasteiger partial charge in [-0.15, -0.1) is 0 Å². The molecule has 0 aromatic carbocycles. The minimum absolute atomic E-state index is 0.103. The maximum Gasteiger partial charge on any atom is 0.0949 e. The largest absolute Gasteiger partial charge is 0.372 e. The Labute approximate surface area is 93.5 Å². The molecule has 0 saturated carbocycles. The van der Waals surface area contributed by atoms with Crippen molar-refractivity contribution in [2.24, 2.45) is 0 Å². The highest BCUT2D eigenvalue weighted by Gasteiger charge is 2.52. The predicted molar refractivity (Wildman–Crippen MR) is 57.8 cm³/mol. The van der Waals surface area contributed by atoms with E-state index in [2.05, 4.69) is 15.9 Å². The number of halogens is 1. The third kappa shape index (κ3) is 1.36. The fraction of sp³-hybridized carbons (Fsp3) is 1.00. The summed E-state index contributed by atoms with van der Waals surface area (Å²) in [7, 11) is 0. The molecule has 4 unspecified atom stereocenters. The van der Waals surface area contributed by atoms with Gasteiger partial charge in [-0.05, 0) is 38.5 Å². The molecule has 1 spiro atoms. The summed E-state index contributed by atoms with van der Waals surface area (Å²) in [5.74, 6) is 0. The van der Waals surface area contributed by atoms with E-state index in [0.29, 0.717) is 18.3 Å². The molecule has 0 aromatic rings. The van der Waals surface area contributed by atoms with E-state index < -0.39 is 0 Å². The first-order valence-corrected chi connectivity index (χ1v) is 6.84. The summed E-state index contributed by atoms with van der Waals surface area (Å²) in [6.45, 7) is 0. The van der Waals surface area contributed by atoms with Gasteiger partial charge in [-0.3, -0.25) is 0 Å². The van der Waals surface area contributed by atoms with Gasteiger partial charge < -0.3 is 9.47 Å². The average molecular weight is 261 g/mol. The Balaban J connectivity index is 1.77. The van der Waals surface area contributed by atoms with Crippen LogP contribution in [0.1, 0.15) is 38.5 Å². The second kappa shape index (κ2) is 3.46. The minimum atomic E-state index is 0.103. The molecule has 2 bridgehead atoms. The molecule has 0 aromatic heterocycles. The van der Waals surface area contributed by atoms with Gasteiger partial charge in [0, 0.05) is 5.33 Å². The fourth-order valence-corrected chi connectivity index (χ4v) is 3.71. The van der Waals surface area contributed by atoms with Crippen LogP contribution in [0.5, 0.6) is 0 Å². The zero-order valence-electron chi connectivity index (χ0n) is 8.38. The third-order valence-electron chi connectivity index (χ3n) is 4.05. The summed E-state index contributed by atoms with van der Waals surface area (Å²) in [5, 5.41) is 0.977. The normalized spacial score (nSPS) is 51.6. The molecule has 3 rings (SSSR count). The highest BCUT2D eigenvalue weighted by molar-refractivity contribution is 9.09. The number of rotatable bonds is 1. The van der Waals surface area contributed by atoms with Crippen molar-refractivity contribution in [3.63, 3.8) is 0 Å². The van der Waals surface area contributed by atoms with Crippen LogP contribution in [0.25, 0.3) is 0 Å². The van der Waals surface area contributed by atoms with Gasteiger partial charge in [-0.25, -0.2) is 0 Å². The van der Waals surface area contributed by atoms with Crippen LogP contribution in [0.3, 0.4) is 0 Å². The maximum absolute atomic E-state index is 6.20. The Bertz CT molecular complexity index is 233. The van der Waals surface area contributed by atoms with Crippen LogP contribution >= 0.6 is 15.9 Å². The third-order valence-corrected chi connectivity index (χ3v) is 4.77. The zero-order chi connectivity index (χ0) is 9.60. The van der Waals surface area contributed by atoms with E-state index in [1.807, 2.05) is 0 Å². The number of alkyl halides is 1. The fourth-order valence-electron chi connectivity index (χ4n) is 3.26. The van der Waals surface area contributed by atoms with E-state index in [1.54, 1.807) is 0 Å². The minimum Gasteiger partial charge on any atom is -0.372 e. The van der Waals surface area contributed by atoms with Crippen LogP contribution in [-0.2, 0) is 9.47 Å². The van der Waals surface area contributed by atoms with E-state index >= 15 is 0 Å². The quantitative estimate of drug-likeness (QED) is 0.675. The van der Waals surface area contributed by atoms with Gasteiger partial charge >= 0.3 is 0 Å². The van der Waals surface area contributed by atoms with Crippen molar-refractivity contribution in [3.8, 4) is 0 Å². The lowest BCUT2D eigenvalue weighted by atomic mass is 9.87. The zero-order valence-corrected chi connectivity index (χ0v) is 9.96. The summed E-state index contributed by atoms with van der Waals surface area (Å²) < 4.78 is 12.2. The van der Waals surface area contributed by atoms with Crippen LogP contribution in [0.15, 0.2) is 0 Å². The predicted octanol–water partition coefficient (Wildman–Crippen LogP) is 2.64. The van der Waals surface area contributed by atoms with E-state index in [0.717, 1.165) is 5.33 Å². The van der Waals surface area contributed by atoms with Crippen molar-refractivity contribution >= 4 is 15.9 Å². The van der Waals surface area contributed by atoms with E-state index in [4.69, 9.17) is 9.47 Å². The molecule has 3 heterocycles. The molecular formula is C11H17BrO2. The van der Waals surface area contributed by atoms with E-state index in [9.17, 15) is 0 Å². The van der Waals surface area contributed by atoms with Gasteiger partial charge in [-0.1, -0.05) is 15.9 Å². The van der Waals surface area contributed by atoms with Crippen molar-refractivity contribution in [3.05, 3.63) is 0 Å². The Morgan fingerprint density at radius 1 is 1.14 bits per heavy atom. The molecule has 2 nitrogen and oxygen atoms in total. The average Bonchev–Trinajstić information content (AvgIpc) is 2.77. The van der Waals surface area contributed by atoms with Gasteiger partial charge in [-0.2, -0.15) is 0 Å². The highest BCUT2D eigenvalue weighted by Crippen LogP contribution is 2.48. The second-order valence-corrected chi connectivity index (χ2v) is 5.51. The van der Waals surface area contributed by atoms with Crippen LogP contribution in [-0.4, -0.2) is 29.2 Å². The summed E-state index contributed by atoms with van der Waals surface area (Å²) in [4.78, 5) is 0. The molecule has 0 N–H and O–H groups in total. The van der Waals surface area contributed by atoms with Gasteiger partial charge in [0.25, 0.3) is 0 Å². The van der Waals surface area contributed by atoms with Crippen LogP contribution in [0.2, 0.25) is 0 Å². The topological polar surface area (TPSA) is 18.5 Å². The summed E-state index contributed by atoms with van der Waals surface area (Å²) >= 11 is 3.51. The molecular weight excluding hydrogens is 244 g/mol. The molecule has 3 saturated heterocycles. The number of hydrogen-bond donors (Lipinski definition) is 0. The molecule has 14 heavy (non-hydrogen) atoms. The molecule has 4 atom stereocenters. The van der Waals surface area contributed by atoms with Gasteiger partial charge in [0.05, 0.1) is 23.9 Å². The number of ether oxygens (including phenoxy) is 2. The summed E-state index contributed by atoms with van der Waals surface area (Å²) in [6, 6.07) is 0. The van der Waals surface area contributed by atoms with Crippen molar-refractivity contribution in [1.82, 2.24) is 0 Å². The maximum atomic E-state index is 6.20. The van der Waals surface area contributed by atoms with Gasteiger partial charge in [0.2, 0.25) is 0 Å². The van der Waals surface area contributed by atoms with Crippen LogP contribution < -0.4 is 0 Å². The molecule has 80 valence electrons. The van der Waals surface area contributed by atoms with E-state index in [-0.39, 0.29) is 5.60 Å². The summed E-state index contributed by atoms with van der Waals surface area (Å²) in [6.07, 6.45) is 8.72. The molecule has 0 aliphatic carbocycles. The lowest BCUT2D eigenvalue weighted by Crippen LogP contribution is -2.46. The first-order valence-electron chi connectivity index (χ1n) is 5.72.